The van der Waals surface area contributed by atoms with Crippen LogP contribution in [0.25, 0.3) is 0 Å². The molecule has 2 rings (SSSR count). The monoisotopic (exact) mass is 311 g/mol. The van der Waals surface area contributed by atoms with Gasteiger partial charge in [0.2, 0.25) is 0 Å². The Labute approximate surface area is 129 Å². The van der Waals surface area contributed by atoms with E-state index in [2.05, 4.69) is 12.2 Å². The molecule has 1 aromatic carbocycles. The molecule has 1 aromatic rings. The van der Waals surface area contributed by atoms with Gasteiger partial charge in [-0.2, -0.15) is 0 Å². The first-order valence-corrected chi connectivity index (χ1v) is 8.90. The number of methoxy groups -OCH3 is 1. The van der Waals surface area contributed by atoms with Crippen molar-refractivity contribution in [3.8, 4) is 5.75 Å². The lowest BCUT2D eigenvalue weighted by molar-refractivity contribution is 0.127. The predicted molar refractivity (Wildman–Crippen MR) is 86.2 cm³/mol. The Morgan fingerprint density at radius 1 is 1.48 bits per heavy atom. The maximum atomic E-state index is 12.7. The molecule has 5 heteroatoms. The molecule has 1 fully saturated rings. The maximum absolute atomic E-state index is 12.7. The molecule has 1 saturated heterocycles. The van der Waals surface area contributed by atoms with Crippen LogP contribution in [-0.2, 0) is 15.5 Å². The summed E-state index contributed by atoms with van der Waals surface area (Å²) >= 11 is 0. The predicted octanol–water partition coefficient (Wildman–Crippen LogP) is 2.27. The highest BCUT2D eigenvalue weighted by molar-refractivity contribution is 7.85. The highest BCUT2D eigenvalue weighted by Crippen LogP contribution is 2.28. The molecule has 118 valence electrons. The topological polar surface area (TPSA) is 47.6 Å². The summed E-state index contributed by atoms with van der Waals surface area (Å²) in [5.41, 5.74) is 1.07. The van der Waals surface area contributed by atoms with Crippen molar-refractivity contribution in [2.24, 2.45) is 0 Å². The third-order valence-electron chi connectivity index (χ3n) is 3.94. The molecule has 1 N–H and O–H groups in total. The summed E-state index contributed by atoms with van der Waals surface area (Å²) in [6, 6.07) is 7.98. The van der Waals surface area contributed by atoms with Crippen LogP contribution in [0.1, 0.15) is 31.9 Å². The largest absolute Gasteiger partial charge is 0.496 e. The van der Waals surface area contributed by atoms with Crippen molar-refractivity contribution in [2.45, 2.75) is 37.7 Å². The van der Waals surface area contributed by atoms with E-state index in [1.54, 1.807) is 7.11 Å². The number of ether oxygens (including phenoxy) is 2. The summed E-state index contributed by atoms with van der Waals surface area (Å²) in [6.07, 6.45) is 0.976. The number of para-hydroxylation sites is 1. The number of nitrogens with one attached hydrogen (secondary N) is 1. The fourth-order valence-corrected chi connectivity index (χ4v) is 4.54. The van der Waals surface area contributed by atoms with E-state index < -0.39 is 10.8 Å². The van der Waals surface area contributed by atoms with Crippen LogP contribution in [0.15, 0.2) is 24.3 Å². The number of rotatable bonds is 7. The highest BCUT2D eigenvalue weighted by Gasteiger charge is 2.31. The van der Waals surface area contributed by atoms with Gasteiger partial charge in [0.05, 0.1) is 18.5 Å². The van der Waals surface area contributed by atoms with Crippen LogP contribution in [0.3, 0.4) is 0 Å². The molecule has 0 saturated carbocycles. The minimum absolute atomic E-state index is 0.0415. The minimum Gasteiger partial charge on any atom is -0.496 e. The fourth-order valence-electron chi connectivity index (χ4n) is 2.80. The molecule has 4 unspecified atom stereocenters. The lowest BCUT2D eigenvalue weighted by Gasteiger charge is -2.22. The first-order valence-electron chi connectivity index (χ1n) is 7.52. The van der Waals surface area contributed by atoms with Crippen molar-refractivity contribution in [3.63, 3.8) is 0 Å². The summed E-state index contributed by atoms with van der Waals surface area (Å²) in [4.78, 5) is 0. The van der Waals surface area contributed by atoms with Crippen molar-refractivity contribution >= 4 is 10.8 Å². The van der Waals surface area contributed by atoms with Gasteiger partial charge in [-0.25, -0.2) is 0 Å². The first-order chi connectivity index (χ1) is 10.2. The molecule has 0 bridgehead atoms. The van der Waals surface area contributed by atoms with E-state index >= 15 is 0 Å². The van der Waals surface area contributed by atoms with Crippen LogP contribution >= 0.6 is 0 Å². The number of benzene rings is 1. The summed E-state index contributed by atoms with van der Waals surface area (Å²) in [6.45, 7) is 5.63. The van der Waals surface area contributed by atoms with E-state index in [-0.39, 0.29) is 17.4 Å². The molecule has 1 aliphatic rings. The zero-order valence-electron chi connectivity index (χ0n) is 13.0. The Bertz CT molecular complexity index is 480. The van der Waals surface area contributed by atoms with E-state index in [1.807, 2.05) is 31.2 Å². The Kier molecular flexibility index (Phi) is 6.21. The second-order valence-electron chi connectivity index (χ2n) is 5.30. The van der Waals surface area contributed by atoms with Crippen LogP contribution in [0.4, 0.5) is 0 Å². The molecule has 4 atom stereocenters. The summed E-state index contributed by atoms with van der Waals surface area (Å²) in [5, 5.41) is 3.57. The minimum atomic E-state index is -0.911. The van der Waals surface area contributed by atoms with Crippen molar-refractivity contribution in [2.75, 3.05) is 26.0 Å². The van der Waals surface area contributed by atoms with E-state index in [0.29, 0.717) is 5.75 Å². The Hall–Kier alpha value is -0.910. The van der Waals surface area contributed by atoms with Crippen LogP contribution in [0.2, 0.25) is 0 Å². The van der Waals surface area contributed by atoms with Gasteiger partial charge in [-0.15, -0.1) is 0 Å². The standard InChI is InChI=1S/C16H25NO3S/c1-4-17-14(13-7-5-6-8-15(13)19-3)11-21(18)16-9-10-20-12(16)2/h5-8,12,14,16-17H,4,9-11H2,1-3H3. The van der Waals surface area contributed by atoms with E-state index in [1.165, 1.54) is 0 Å². The zero-order valence-corrected chi connectivity index (χ0v) is 13.8. The molecular weight excluding hydrogens is 286 g/mol. The SMILES string of the molecule is CCNC(CS(=O)C1CCOC1C)c1ccccc1OC. The van der Waals surface area contributed by atoms with Gasteiger partial charge in [0.15, 0.2) is 0 Å². The van der Waals surface area contributed by atoms with Gasteiger partial charge in [-0.05, 0) is 26.0 Å². The third-order valence-corrected chi connectivity index (χ3v) is 5.90. The molecule has 1 aliphatic heterocycles. The van der Waals surface area contributed by atoms with Crippen molar-refractivity contribution in [1.29, 1.82) is 0 Å². The molecule has 0 radical (unpaired) electrons. The van der Waals surface area contributed by atoms with Crippen LogP contribution in [-0.4, -0.2) is 41.6 Å². The smallest absolute Gasteiger partial charge is 0.123 e. The number of hydrogen-bond acceptors (Lipinski definition) is 4. The van der Waals surface area contributed by atoms with Crippen LogP contribution < -0.4 is 10.1 Å². The van der Waals surface area contributed by atoms with Gasteiger partial charge in [-0.1, -0.05) is 25.1 Å². The second kappa shape index (κ2) is 7.92. The van der Waals surface area contributed by atoms with Crippen molar-refractivity contribution in [1.82, 2.24) is 5.32 Å². The molecular formula is C16H25NO3S. The van der Waals surface area contributed by atoms with Gasteiger partial charge in [0.25, 0.3) is 0 Å². The molecule has 0 aromatic heterocycles. The molecule has 21 heavy (non-hydrogen) atoms. The molecule has 0 aliphatic carbocycles. The summed E-state index contributed by atoms with van der Waals surface area (Å²) in [5.74, 6) is 1.43. The van der Waals surface area contributed by atoms with E-state index in [9.17, 15) is 4.21 Å². The average Bonchev–Trinajstić information content (AvgIpc) is 2.93. The van der Waals surface area contributed by atoms with Crippen molar-refractivity contribution < 1.29 is 13.7 Å². The second-order valence-corrected chi connectivity index (χ2v) is 7.00. The molecule has 1 heterocycles. The average molecular weight is 311 g/mol. The zero-order chi connectivity index (χ0) is 15.2. The van der Waals surface area contributed by atoms with Gasteiger partial charge in [0.1, 0.15) is 5.75 Å². The Morgan fingerprint density at radius 2 is 2.24 bits per heavy atom. The number of hydrogen-bond donors (Lipinski definition) is 1. The maximum Gasteiger partial charge on any atom is 0.123 e. The van der Waals surface area contributed by atoms with Crippen LogP contribution in [0.5, 0.6) is 5.75 Å². The van der Waals surface area contributed by atoms with Gasteiger partial charge in [0, 0.05) is 34.8 Å². The normalized spacial score (nSPS) is 24.7. The fraction of sp³-hybridized carbons (Fsp3) is 0.625. The van der Waals surface area contributed by atoms with Gasteiger partial charge < -0.3 is 14.8 Å². The molecule has 0 spiro atoms. The van der Waals surface area contributed by atoms with Gasteiger partial charge >= 0.3 is 0 Å². The lowest BCUT2D eigenvalue weighted by Crippen LogP contribution is -2.32. The summed E-state index contributed by atoms with van der Waals surface area (Å²) < 4.78 is 23.6. The Morgan fingerprint density at radius 3 is 2.86 bits per heavy atom. The van der Waals surface area contributed by atoms with E-state index in [0.717, 1.165) is 30.9 Å². The quantitative estimate of drug-likeness (QED) is 0.839. The molecule has 4 nitrogen and oxygen atoms in total. The van der Waals surface area contributed by atoms with Crippen molar-refractivity contribution in [3.05, 3.63) is 29.8 Å². The van der Waals surface area contributed by atoms with Gasteiger partial charge in [-0.3, -0.25) is 4.21 Å². The van der Waals surface area contributed by atoms with Crippen LogP contribution in [0, 0.1) is 0 Å². The third kappa shape index (κ3) is 4.05. The Balaban J connectivity index is 2.13. The molecule has 0 amide bonds. The first kappa shape index (κ1) is 16.5. The van der Waals surface area contributed by atoms with E-state index in [4.69, 9.17) is 9.47 Å². The highest BCUT2D eigenvalue weighted by atomic mass is 32.2. The lowest BCUT2D eigenvalue weighted by atomic mass is 10.1. The summed E-state index contributed by atoms with van der Waals surface area (Å²) in [7, 11) is 0.762.